The maximum atomic E-state index is 7.28. The van der Waals surface area contributed by atoms with Gasteiger partial charge in [0, 0.05) is 86.1 Å². The molecule has 76 heavy (non-hydrogen) atoms. The van der Waals surface area contributed by atoms with E-state index in [1.807, 2.05) is 6.07 Å². The number of aryl methyl sites for hydroxylation is 1. The SMILES string of the molecule is CC1CCC(N2C3CC=CCC3C3C=CC4c5cc(-c6[nH]c(C7=Cc8c(oc9c8ccc8c%10ccccc%10n(-c%10ccccc%10)c89)CC7)cc6-c6nc(-c7ccccc7)nc(C7C=CC=CC7)n6)ccc5OC4C32)CC1. The summed E-state index contributed by atoms with van der Waals surface area (Å²) >= 11 is 0. The Labute approximate surface area is 443 Å². The number of allylic oxidation sites excluding steroid dienone is 6. The lowest BCUT2D eigenvalue weighted by Gasteiger charge is -2.44. The number of hydrogen-bond donors (Lipinski definition) is 1. The van der Waals surface area contributed by atoms with E-state index in [2.05, 4.69) is 191 Å². The van der Waals surface area contributed by atoms with Crippen LogP contribution in [0.4, 0.5) is 0 Å². The highest BCUT2D eigenvalue weighted by Gasteiger charge is 2.57. The molecule has 1 saturated carbocycles. The molecule has 5 aliphatic carbocycles. The van der Waals surface area contributed by atoms with Gasteiger partial charge in [0.1, 0.15) is 23.4 Å². The molecule has 16 rings (SSSR count). The molecular formula is C68H60N6O2. The number of benzene rings is 5. The molecule has 2 fully saturated rings. The van der Waals surface area contributed by atoms with Crippen molar-refractivity contribution in [1.82, 2.24) is 29.4 Å². The van der Waals surface area contributed by atoms with Gasteiger partial charge >= 0.3 is 0 Å². The summed E-state index contributed by atoms with van der Waals surface area (Å²) in [5, 5.41) is 3.54. The highest BCUT2D eigenvalue weighted by Crippen LogP contribution is 2.55. The first-order valence-electron chi connectivity index (χ1n) is 28.1. The van der Waals surface area contributed by atoms with Crippen LogP contribution in [0.2, 0.25) is 0 Å². The molecule has 7 atom stereocenters. The Balaban J connectivity index is 0.836. The lowest BCUT2D eigenvalue weighted by atomic mass is 9.74. The average molecular weight is 993 g/mol. The zero-order valence-corrected chi connectivity index (χ0v) is 42.9. The minimum absolute atomic E-state index is 0.0414. The first-order valence-corrected chi connectivity index (χ1v) is 28.1. The Morgan fingerprint density at radius 2 is 1.49 bits per heavy atom. The zero-order valence-electron chi connectivity index (χ0n) is 42.9. The van der Waals surface area contributed by atoms with Gasteiger partial charge in [0.25, 0.3) is 0 Å². The fourth-order valence-corrected chi connectivity index (χ4v) is 14.9. The third-order valence-corrected chi connectivity index (χ3v) is 18.6. The predicted octanol–water partition coefficient (Wildman–Crippen LogP) is 15.8. The largest absolute Gasteiger partial charge is 0.487 e. The summed E-state index contributed by atoms with van der Waals surface area (Å²) in [5.74, 6) is 6.35. The van der Waals surface area contributed by atoms with Crippen LogP contribution in [0.15, 0.2) is 174 Å². The summed E-state index contributed by atoms with van der Waals surface area (Å²) in [5.41, 5.74) is 13.1. The van der Waals surface area contributed by atoms with E-state index in [0.29, 0.717) is 41.6 Å². The minimum Gasteiger partial charge on any atom is -0.487 e. The fourth-order valence-electron chi connectivity index (χ4n) is 14.9. The van der Waals surface area contributed by atoms with E-state index in [1.165, 1.54) is 59.5 Å². The first-order chi connectivity index (χ1) is 37.6. The van der Waals surface area contributed by atoms with Crippen molar-refractivity contribution in [3.8, 4) is 45.5 Å². The summed E-state index contributed by atoms with van der Waals surface area (Å²) < 4.78 is 16.7. The maximum absolute atomic E-state index is 7.28. The topological polar surface area (TPSA) is 85.0 Å². The number of aromatic amines is 1. The number of para-hydroxylation sites is 2. The van der Waals surface area contributed by atoms with E-state index >= 15 is 0 Å². The highest BCUT2D eigenvalue weighted by molar-refractivity contribution is 6.18. The number of likely N-dealkylation sites (tertiary alicyclic amines) is 1. The van der Waals surface area contributed by atoms with Crippen molar-refractivity contribution in [2.24, 2.45) is 17.8 Å². The normalized spacial score (nSPS) is 26.3. The smallest absolute Gasteiger partial charge is 0.165 e. The quantitative estimate of drug-likeness (QED) is 0.160. The summed E-state index contributed by atoms with van der Waals surface area (Å²) in [6, 6.07) is 45.1. The molecule has 7 unspecified atom stereocenters. The van der Waals surface area contributed by atoms with Crippen molar-refractivity contribution in [2.45, 2.75) is 101 Å². The Morgan fingerprint density at radius 3 is 2.36 bits per heavy atom. The molecule has 9 aromatic rings. The van der Waals surface area contributed by atoms with Crippen LogP contribution in [0.3, 0.4) is 0 Å². The van der Waals surface area contributed by atoms with Crippen molar-refractivity contribution in [3.63, 3.8) is 0 Å². The monoisotopic (exact) mass is 992 g/mol. The van der Waals surface area contributed by atoms with Crippen LogP contribution in [-0.4, -0.2) is 53.6 Å². The Kier molecular flexibility index (Phi) is 10.3. The molecule has 8 heteroatoms. The van der Waals surface area contributed by atoms with Gasteiger partial charge in [-0.1, -0.05) is 128 Å². The lowest BCUT2D eigenvalue weighted by Crippen LogP contribution is -2.54. The molecule has 0 bridgehead atoms. The standard InChI is InChI=1S/C68H60N6O2/c1-40-25-29-46(30-26-40)74-58-24-14-12-22-48(58)50-32-34-52-54-38-44(28-36-60(54)76-65(52)63(50)74)61-55(68-71-66(41-15-5-2-6-16-41)70-67(72-68)42-17-7-3-8-18-42)39-56(69-61)43-27-35-59-53(37-43)51-33-31-49-47-21-11-13-23-57(47)73(62(49)64(51)75-59)45-19-9-4-10-20-45/h2-17,19-21,23,28,31-34,36-40,42,46,48,50,52,58,63,65,69H,18,22,24-27,29-30,35H2,1H3. The number of ether oxygens (including phenoxy) is 1. The number of aromatic nitrogens is 5. The van der Waals surface area contributed by atoms with E-state index in [4.69, 9.17) is 24.1 Å². The van der Waals surface area contributed by atoms with Crippen LogP contribution in [0.1, 0.15) is 98.5 Å². The van der Waals surface area contributed by atoms with Gasteiger partial charge in [-0.3, -0.25) is 4.90 Å². The van der Waals surface area contributed by atoms with Crippen LogP contribution < -0.4 is 4.74 Å². The molecular weight excluding hydrogens is 933 g/mol. The van der Waals surface area contributed by atoms with Crippen LogP contribution in [0.25, 0.3) is 84.1 Å². The van der Waals surface area contributed by atoms with Crippen molar-refractivity contribution < 1.29 is 9.15 Å². The molecule has 4 aromatic heterocycles. The van der Waals surface area contributed by atoms with E-state index < -0.39 is 0 Å². The third kappa shape index (κ3) is 7.02. The number of fused-ring (bicyclic) bond motifs is 14. The number of rotatable bonds is 7. The second kappa shape index (κ2) is 17.6. The Hall–Kier alpha value is -7.81. The van der Waals surface area contributed by atoms with Crippen molar-refractivity contribution >= 4 is 44.4 Å². The van der Waals surface area contributed by atoms with Crippen LogP contribution >= 0.6 is 0 Å². The molecule has 2 aliphatic heterocycles. The van der Waals surface area contributed by atoms with Gasteiger partial charge in [0.15, 0.2) is 17.2 Å². The van der Waals surface area contributed by atoms with Crippen LogP contribution in [0, 0.1) is 17.8 Å². The summed E-state index contributed by atoms with van der Waals surface area (Å²) in [4.78, 5) is 23.0. The second-order valence-corrected chi connectivity index (χ2v) is 22.8. The molecule has 5 aromatic carbocycles. The molecule has 1 saturated heterocycles. The zero-order chi connectivity index (χ0) is 50.0. The number of nitrogens with one attached hydrogen (secondary N) is 1. The van der Waals surface area contributed by atoms with E-state index in [0.717, 1.165) is 105 Å². The van der Waals surface area contributed by atoms with Gasteiger partial charge in [-0.25, -0.2) is 15.0 Å². The summed E-state index contributed by atoms with van der Waals surface area (Å²) in [6.45, 7) is 2.45. The highest BCUT2D eigenvalue weighted by atomic mass is 16.5. The molecule has 0 amide bonds. The van der Waals surface area contributed by atoms with Gasteiger partial charge in [-0.05, 0) is 129 Å². The van der Waals surface area contributed by atoms with E-state index in [1.54, 1.807) is 0 Å². The van der Waals surface area contributed by atoms with Gasteiger partial charge in [-0.15, -0.1) is 0 Å². The maximum Gasteiger partial charge on any atom is 0.165 e. The first kappa shape index (κ1) is 44.5. The van der Waals surface area contributed by atoms with E-state index in [-0.39, 0.29) is 17.9 Å². The molecule has 6 heterocycles. The van der Waals surface area contributed by atoms with Crippen LogP contribution in [-0.2, 0) is 6.42 Å². The second-order valence-electron chi connectivity index (χ2n) is 22.8. The van der Waals surface area contributed by atoms with Crippen molar-refractivity contribution in [3.05, 3.63) is 198 Å². The summed E-state index contributed by atoms with van der Waals surface area (Å²) in [7, 11) is 0. The van der Waals surface area contributed by atoms with E-state index in [9.17, 15) is 0 Å². The number of furan rings is 1. The Bertz CT molecular complexity index is 3940. The van der Waals surface area contributed by atoms with Gasteiger partial charge in [0.05, 0.1) is 22.8 Å². The Morgan fingerprint density at radius 1 is 0.671 bits per heavy atom. The predicted molar refractivity (Wildman–Crippen MR) is 305 cm³/mol. The number of hydrogen-bond acceptors (Lipinski definition) is 6. The van der Waals surface area contributed by atoms with Crippen LogP contribution in [0.5, 0.6) is 5.75 Å². The number of nitrogens with zero attached hydrogens (tertiary/aromatic N) is 5. The average Bonchev–Trinajstić information content (AvgIpc) is 4.32. The number of H-pyrrole nitrogens is 1. The van der Waals surface area contributed by atoms with Gasteiger partial charge < -0.3 is 18.7 Å². The molecule has 7 aliphatic rings. The lowest BCUT2D eigenvalue weighted by molar-refractivity contribution is 0.0187. The van der Waals surface area contributed by atoms with Crippen molar-refractivity contribution in [1.29, 1.82) is 0 Å². The summed E-state index contributed by atoms with van der Waals surface area (Å²) in [6.07, 6.45) is 31.1. The fraction of sp³-hybridized carbons (Fsp3) is 0.279. The third-order valence-electron chi connectivity index (χ3n) is 18.6. The minimum atomic E-state index is 0.0414. The molecule has 0 radical (unpaired) electrons. The van der Waals surface area contributed by atoms with Gasteiger partial charge in [-0.2, -0.15) is 0 Å². The van der Waals surface area contributed by atoms with Crippen molar-refractivity contribution in [2.75, 3.05) is 0 Å². The molecule has 8 nitrogen and oxygen atoms in total. The molecule has 0 spiro atoms. The molecule has 1 N–H and O–H groups in total. The van der Waals surface area contributed by atoms with Gasteiger partial charge in [0.2, 0.25) is 0 Å². The molecule has 374 valence electrons.